The molecule has 0 amide bonds. The minimum Gasteiger partial charge on any atom is -0.408 e. The molecule has 0 saturated heterocycles. The molecule has 22 heavy (non-hydrogen) atoms. The van der Waals surface area contributed by atoms with Gasteiger partial charge in [0.1, 0.15) is 0 Å². The highest BCUT2D eigenvalue weighted by molar-refractivity contribution is 7.89. The molecule has 0 aliphatic heterocycles. The monoisotopic (exact) mass is 319 g/mol. The standard InChI is InChI=1S/C14H13N3O4S/c1-17-12-8-11(5-6-13(12)21-14(17)18)22(19,20)16-9-10-4-2-3-7-15-10/h2-8,16H,9H2,1H3. The Hall–Kier alpha value is -2.45. The van der Waals surface area contributed by atoms with Crippen LogP contribution in [-0.2, 0) is 23.6 Å². The Morgan fingerprint density at radius 3 is 2.82 bits per heavy atom. The summed E-state index contributed by atoms with van der Waals surface area (Å²) in [5.74, 6) is -0.536. The van der Waals surface area contributed by atoms with Gasteiger partial charge in [-0.15, -0.1) is 0 Å². The van der Waals surface area contributed by atoms with Gasteiger partial charge in [0.15, 0.2) is 5.58 Å². The lowest BCUT2D eigenvalue weighted by Crippen LogP contribution is -2.23. The Balaban J connectivity index is 1.91. The first kappa shape index (κ1) is 14.5. The summed E-state index contributed by atoms with van der Waals surface area (Å²) in [5, 5.41) is 0. The molecule has 0 bridgehead atoms. The number of aromatic nitrogens is 2. The van der Waals surface area contributed by atoms with Gasteiger partial charge in [-0.2, -0.15) is 0 Å². The van der Waals surface area contributed by atoms with Gasteiger partial charge in [-0.3, -0.25) is 9.55 Å². The second-order valence-corrected chi connectivity index (χ2v) is 6.47. The second kappa shape index (κ2) is 5.39. The van der Waals surface area contributed by atoms with Gasteiger partial charge in [0.05, 0.1) is 22.7 Å². The van der Waals surface area contributed by atoms with E-state index in [4.69, 9.17) is 4.42 Å². The molecule has 1 N–H and O–H groups in total. The largest absolute Gasteiger partial charge is 0.419 e. The van der Waals surface area contributed by atoms with Crippen molar-refractivity contribution >= 4 is 21.1 Å². The summed E-state index contributed by atoms with van der Waals surface area (Å²) >= 11 is 0. The van der Waals surface area contributed by atoms with E-state index in [0.717, 1.165) is 0 Å². The maximum absolute atomic E-state index is 12.3. The van der Waals surface area contributed by atoms with Crippen molar-refractivity contribution in [3.8, 4) is 0 Å². The predicted octanol–water partition coefficient (Wildman–Crippen LogP) is 1.00. The molecular weight excluding hydrogens is 306 g/mol. The molecular formula is C14H13N3O4S. The van der Waals surface area contributed by atoms with Crippen molar-refractivity contribution in [2.75, 3.05) is 0 Å². The molecule has 0 unspecified atom stereocenters. The van der Waals surface area contributed by atoms with Gasteiger partial charge >= 0.3 is 5.76 Å². The lowest BCUT2D eigenvalue weighted by atomic mass is 10.3. The molecule has 0 saturated carbocycles. The fraction of sp³-hybridized carbons (Fsp3) is 0.143. The molecule has 3 aromatic rings. The molecule has 114 valence electrons. The van der Waals surface area contributed by atoms with Crippen LogP contribution >= 0.6 is 0 Å². The number of oxazole rings is 1. The van der Waals surface area contributed by atoms with Gasteiger partial charge < -0.3 is 4.42 Å². The Bertz CT molecular complexity index is 974. The van der Waals surface area contributed by atoms with Crippen molar-refractivity contribution in [3.05, 3.63) is 58.8 Å². The first-order valence-corrected chi connectivity index (χ1v) is 7.95. The third-order valence-corrected chi connectivity index (χ3v) is 4.64. The molecule has 2 heterocycles. The zero-order chi connectivity index (χ0) is 15.7. The minimum absolute atomic E-state index is 0.0623. The molecule has 0 aliphatic carbocycles. The molecule has 0 radical (unpaired) electrons. The second-order valence-electron chi connectivity index (χ2n) is 4.70. The Labute approximate surface area is 126 Å². The van der Waals surface area contributed by atoms with Gasteiger partial charge in [0, 0.05) is 13.2 Å². The topological polar surface area (TPSA) is 94.2 Å². The van der Waals surface area contributed by atoms with Crippen LogP contribution in [0.5, 0.6) is 0 Å². The van der Waals surface area contributed by atoms with Gasteiger partial charge in [0.25, 0.3) is 0 Å². The smallest absolute Gasteiger partial charge is 0.408 e. The van der Waals surface area contributed by atoms with Crippen LogP contribution in [0.1, 0.15) is 5.69 Å². The Kier molecular flexibility index (Phi) is 3.55. The van der Waals surface area contributed by atoms with Gasteiger partial charge in [-0.25, -0.2) is 17.9 Å². The summed E-state index contributed by atoms with van der Waals surface area (Å²) in [6.45, 7) is 0.0888. The minimum atomic E-state index is -3.70. The predicted molar refractivity (Wildman–Crippen MR) is 79.7 cm³/mol. The van der Waals surface area contributed by atoms with Crippen LogP contribution in [0.25, 0.3) is 11.1 Å². The van der Waals surface area contributed by atoms with Crippen LogP contribution in [0.15, 0.2) is 56.7 Å². The number of sulfonamides is 1. The number of aryl methyl sites for hydroxylation is 1. The van der Waals surface area contributed by atoms with E-state index in [0.29, 0.717) is 16.8 Å². The zero-order valence-electron chi connectivity index (χ0n) is 11.7. The molecule has 7 nitrogen and oxygen atoms in total. The van der Waals surface area contributed by atoms with Crippen molar-refractivity contribution in [1.29, 1.82) is 0 Å². The van der Waals surface area contributed by atoms with E-state index >= 15 is 0 Å². The lowest BCUT2D eigenvalue weighted by Gasteiger charge is -2.06. The average Bonchev–Trinajstić information content (AvgIpc) is 2.81. The fourth-order valence-electron chi connectivity index (χ4n) is 2.03. The normalized spacial score (nSPS) is 11.9. The van der Waals surface area contributed by atoms with Crippen molar-refractivity contribution in [2.24, 2.45) is 7.05 Å². The van der Waals surface area contributed by atoms with Crippen LogP contribution in [0.2, 0.25) is 0 Å². The number of nitrogens with zero attached hydrogens (tertiary/aromatic N) is 2. The first-order chi connectivity index (χ1) is 10.5. The highest BCUT2D eigenvalue weighted by Gasteiger charge is 2.16. The van der Waals surface area contributed by atoms with Crippen molar-refractivity contribution in [2.45, 2.75) is 11.4 Å². The molecule has 0 spiro atoms. The van der Waals surface area contributed by atoms with Crippen LogP contribution in [0, 0.1) is 0 Å². The first-order valence-electron chi connectivity index (χ1n) is 6.46. The van der Waals surface area contributed by atoms with Crippen LogP contribution in [-0.4, -0.2) is 18.0 Å². The van der Waals surface area contributed by atoms with Crippen molar-refractivity contribution in [1.82, 2.24) is 14.3 Å². The number of nitrogens with one attached hydrogen (secondary N) is 1. The zero-order valence-corrected chi connectivity index (χ0v) is 12.5. The SMILES string of the molecule is Cn1c(=O)oc2ccc(S(=O)(=O)NCc3ccccn3)cc21. The van der Waals surface area contributed by atoms with Gasteiger partial charge in [-0.1, -0.05) is 6.07 Å². The van der Waals surface area contributed by atoms with E-state index in [1.807, 2.05) is 0 Å². The maximum Gasteiger partial charge on any atom is 0.419 e. The number of hydrogen-bond donors (Lipinski definition) is 1. The summed E-state index contributed by atoms with van der Waals surface area (Å²) in [6.07, 6.45) is 1.59. The van der Waals surface area contributed by atoms with E-state index < -0.39 is 15.8 Å². The molecule has 1 aromatic carbocycles. The maximum atomic E-state index is 12.3. The van der Waals surface area contributed by atoms with E-state index in [2.05, 4.69) is 9.71 Å². The van der Waals surface area contributed by atoms with Crippen LogP contribution in [0.4, 0.5) is 0 Å². The molecule has 0 aliphatic rings. The van der Waals surface area contributed by atoms with E-state index in [9.17, 15) is 13.2 Å². The number of benzene rings is 1. The summed E-state index contributed by atoms with van der Waals surface area (Å²) < 4.78 is 33.3. The molecule has 8 heteroatoms. The van der Waals surface area contributed by atoms with Crippen LogP contribution < -0.4 is 10.5 Å². The fourth-order valence-corrected chi connectivity index (χ4v) is 3.05. The highest BCUT2D eigenvalue weighted by atomic mass is 32.2. The molecule has 2 aromatic heterocycles. The molecule has 0 atom stereocenters. The number of fused-ring (bicyclic) bond motifs is 1. The van der Waals surface area contributed by atoms with Crippen molar-refractivity contribution in [3.63, 3.8) is 0 Å². The van der Waals surface area contributed by atoms with E-state index in [-0.39, 0.29) is 11.4 Å². The Morgan fingerprint density at radius 1 is 1.27 bits per heavy atom. The third-order valence-electron chi connectivity index (χ3n) is 3.24. The lowest BCUT2D eigenvalue weighted by molar-refractivity contribution is 0.528. The van der Waals surface area contributed by atoms with Crippen molar-refractivity contribution < 1.29 is 12.8 Å². The average molecular weight is 319 g/mol. The highest BCUT2D eigenvalue weighted by Crippen LogP contribution is 2.18. The summed E-state index contributed by atoms with van der Waals surface area (Å²) in [6, 6.07) is 9.53. The summed E-state index contributed by atoms with van der Waals surface area (Å²) in [4.78, 5) is 15.6. The third kappa shape index (κ3) is 2.66. The van der Waals surface area contributed by atoms with E-state index in [1.54, 1.807) is 24.4 Å². The van der Waals surface area contributed by atoms with E-state index in [1.165, 1.54) is 29.8 Å². The summed E-state index contributed by atoms with van der Waals surface area (Å²) in [7, 11) is -2.18. The summed E-state index contributed by atoms with van der Waals surface area (Å²) in [5.41, 5.74) is 1.38. The van der Waals surface area contributed by atoms with Crippen LogP contribution in [0.3, 0.4) is 0 Å². The number of hydrogen-bond acceptors (Lipinski definition) is 5. The number of rotatable bonds is 4. The quantitative estimate of drug-likeness (QED) is 0.774. The number of pyridine rings is 1. The van der Waals surface area contributed by atoms with Gasteiger partial charge in [-0.05, 0) is 30.3 Å². The van der Waals surface area contributed by atoms with Gasteiger partial charge in [0.2, 0.25) is 10.0 Å². The molecule has 0 fully saturated rings. The Morgan fingerprint density at radius 2 is 2.09 bits per heavy atom. The molecule has 3 rings (SSSR count).